The lowest BCUT2D eigenvalue weighted by atomic mass is 9.99. The summed E-state index contributed by atoms with van der Waals surface area (Å²) >= 11 is 0. The number of aliphatic hydroxyl groups excluding tert-OH is 1. The van der Waals surface area contributed by atoms with Crippen LogP contribution in [0, 0.1) is 0 Å². The third-order valence-electron chi connectivity index (χ3n) is 5.57. The van der Waals surface area contributed by atoms with Crippen LogP contribution < -0.4 is 9.47 Å². The zero-order valence-corrected chi connectivity index (χ0v) is 19.3. The van der Waals surface area contributed by atoms with Gasteiger partial charge in [-0.15, -0.1) is 0 Å². The van der Waals surface area contributed by atoms with E-state index < -0.39 is 42.6 Å². The van der Waals surface area contributed by atoms with Gasteiger partial charge in [0.1, 0.15) is 11.5 Å². The summed E-state index contributed by atoms with van der Waals surface area (Å²) in [6.07, 6.45) is -5.72. The third kappa shape index (κ3) is 5.79. The van der Waals surface area contributed by atoms with Gasteiger partial charge in [-0.3, -0.25) is 0 Å². The maximum Gasteiger partial charge on any atom is 0.338 e. The van der Waals surface area contributed by atoms with Crippen molar-refractivity contribution in [1.29, 1.82) is 0 Å². The van der Waals surface area contributed by atoms with E-state index in [2.05, 4.69) is 0 Å². The molecule has 0 aromatic heterocycles. The Morgan fingerprint density at radius 1 is 0.743 bits per heavy atom. The average molecular weight is 478 g/mol. The van der Waals surface area contributed by atoms with Crippen LogP contribution in [-0.2, 0) is 14.2 Å². The van der Waals surface area contributed by atoms with E-state index in [4.69, 9.17) is 23.7 Å². The first kappa shape index (κ1) is 24.3. The van der Waals surface area contributed by atoms with Gasteiger partial charge >= 0.3 is 11.9 Å². The molecule has 5 atom stereocenters. The number of carbonyl (C=O) groups is 2. The molecule has 35 heavy (non-hydrogen) atoms. The molecular weight excluding hydrogens is 452 g/mol. The molecule has 0 bridgehead atoms. The summed E-state index contributed by atoms with van der Waals surface area (Å²) in [6, 6.07) is 23.5. The molecule has 1 aliphatic rings. The fraction of sp³-hybridized carbons (Fsp3) is 0.259. The van der Waals surface area contributed by atoms with Crippen LogP contribution in [0.5, 0.6) is 11.5 Å². The van der Waals surface area contributed by atoms with E-state index in [-0.39, 0.29) is 0 Å². The molecule has 0 radical (unpaired) electrons. The van der Waals surface area contributed by atoms with Crippen LogP contribution in [0.15, 0.2) is 84.9 Å². The lowest BCUT2D eigenvalue weighted by molar-refractivity contribution is -0.267. The maximum absolute atomic E-state index is 12.8. The van der Waals surface area contributed by atoms with Crippen LogP contribution in [0.3, 0.4) is 0 Å². The van der Waals surface area contributed by atoms with Gasteiger partial charge in [-0.1, -0.05) is 36.4 Å². The number of hydrogen-bond acceptors (Lipinski definition) is 8. The summed E-state index contributed by atoms with van der Waals surface area (Å²) in [5, 5.41) is 11.1. The second kappa shape index (κ2) is 11.0. The number of benzene rings is 3. The van der Waals surface area contributed by atoms with Crippen molar-refractivity contribution in [2.45, 2.75) is 37.6 Å². The molecule has 1 N–H and O–H groups in total. The Hall–Kier alpha value is -3.88. The summed E-state index contributed by atoms with van der Waals surface area (Å²) in [5.41, 5.74) is 0.610. The lowest BCUT2D eigenvalue weighted by Gasteiger charge is -2.42. The van der Waals surface area contributed by atoms with Gasteiger partial charge in [0, 0.05) is 0 Å². The summed E-state index contributed by atoms with van der Waals surface area (Å²) in [6.45, 7) is 1.66. The van der Waals surface area contributed by atoms with Gasteiger partial charge < -0.3 is 28.8 Å². The van der Waals surface area contributed by atoms with Crippen LogP contribution in [0.1, 0.15) is 27.6 Å². The van der Waals surface area contributed by atoms with Gasteiger partial charge in [0.2, 0.25) is 6.29 Å². The number of hydrogen-bond donors (Lipinski definition) is 1. The predicted molar refractivity (Wildman–Crippen MR) is 125 cm³/mol. The highest BCUT2D eigenvalue weighted by Gasteiger charge is 2.49. The van der Waals surface area contributed by atoms with Gasteiger partial charge in [-0.05, 0) is 55.5 Å². The molecule has 0 spiro atoms. The van der Waals surface area contributed by atoms with Crippen LogP contribution in [0.25, 0.3) is 0 Å². The first-order valence-electron chi connectivity index (χ1n) is 11.1. The number of aliphatic hydroxyl groups is 1. The lowest BCUT2D eigenvalue weighted by Crippen LogP contribution is -2.61. The Kier molecular flexibility index (Phi) is 7.64. The molecule has 1 heterocycles. The Morgan fingerprint density at radius 2 is 1.23 bits per heavy atom. The second-order valence-electron chi connectivity index (χ2n) is 7.97. The molecule has 1 aliphatic heterocycles. The van der Waals surface area contributed by atoms with E-state index in [0.29, 0.717) is 22.6 Å². The fourth-order valence-electron chi connectivity index (χ4n) is 3.70. The molecule has 4 rings (SSSR count). The smallest absolute Gasteiger partial charge is 0.338 e. The highest BCUT2D eigenvalue weighted by atomic mass is 16.7. The van der Waals surface area contributed by atoms with Crippen LogP contribution in [0.2, 0.25) is 0 Å². The molecular formula is C27H26O8. The summed E-state index contributed by atoms with van der Waals surface area (Å²) < 4.78 is 28.2. The minimum atomic E-state index is -1.45. The topological polar surface area (TPSA) is 101 Å². The van der Waals surface area contributed by atoms with E-state index >= 15 is 0 Å². The van der Waals surface area contributed by atoms with Crippen molar-refractivity contribution in [3.8, 4) is 11.5 Å². The molecule has 3 aromatic rings. The number of ether oxygens (including phenoxy) is 5. The summed E-state index contributed by atoms with van der Waals surface area (Å²) in [4.78, 5) is 25.6. The van der Waals surface area contributed by atoms with Crippen LogP contribution in [0.4, 0.5) is 0 Å². The molecule has 8 nitrogen and oxygen atoms in total. The highest BCUT2D eigenvalue weighted by Crippen LogP contribution is 2.30. The standard InChI is InChI=1S/C27H26O8/c1-17-23(34-25(29)18-9-5-3-6-10-18)24(35-26(30)19-11-7-4-8-12-19)22(28)27(32-17)33-21-15-13-20(31-2)14-16-21/h3-17,22-24,27-28H,1-2H3/t17-,22+,23-,24-,27-/m0/s1. The first-order chi connectivity index (χ1) is 17.0. The van der Waals surface area contributed by atoms with Gasteiger partial charge in [0.25, 0.3) is 0 Å². The molecule has 1 fully saturated rings. The van der Waals surface area contributed by atoms with Crippen molar-refractivity contribution >= 4 is 11.9 Å². The first-order valence-corrected chi connectivity index (χ1v) is 11.1. The number of rotatable bonds is 7. The molecule has 1 saturated heterocycles. The molecule has 3 aromatic carbocycles. The summed E-state index contributed by atoms with van der Waals surface area (Å²) in [7, 11) is 1.55. The zero-order valence-electron chi connectivity index (χ0n) is 19.3. The Bertz CT molecular complexity index is 1120. The largest absolute Gasteiger partial charge is 0.497 e. The van der Waals surface area contributed by atoms with Gasteiger partial charge in [-0.25, -0.2) is 9.59 Å². The minimum Gasteiger partial charge on any atom is -0.497 e. The predicted octanol–water partition coefficient (Wildman–Crippen LogP) is 3.63. The van der Waals surface area contributed by atoms with Crippen molar-refractivity contribution in [2.75, 3.05) is 7.11 Å². The van der Waals surface area contributed by atoms with Gasteiger partial charge in [0.05, 0.1) is 24.3 Å². The molecule has 0 aliphatic carbocycles. The molecule has 182 valence electrons. The zero-order chi connectivity index (χ0) is 24.8. The van der Waals surface area contributed by atoms with Gasteiger partial charge in [0.15, 0.2) is 18.3 Å². The van der Waals surface area contributed by atoms with Crippen molar-refractivity contribution < 1.29 is 38.4 Å². The Balaban J connectivity index is 1.57. The van der Waals surface area contributed by atoms with Crippen molar-refractivity contribution in [3.63, 3.8) is 0 Å². The highest BCUT2D eigenvalue weighted by molar-refractivity contribution is 5.90. The van der Waals surface area contributed by atoms with Crippen LogP contribution >= 0.6 is 0 Å². The van der Waals surface area contributed by atoms with E-state index in [1.165, 1.54) is 0 Å². The molecule has 0 amide bonds. The maximum atomic E-state index is 12.8. The summed E-state index contributed by atoms with van der Waals surface area (Å²) in [5.74, 6) is -0.255. The Labute approximate surface area is 203 Å². The normalized spacial score (nSPS) is 23.7. The number of carbonyl (C=O) groups excluding carboxylic acids is 2. The van der Waals surface area contributed by atoms with Gasteiger partial charge in [-0.2, -0.15) is 0 Å². The van der Waals surface area contributed by atoms with E-state index in [1.54, 1.807) is 99.0 Å². The third-order valence-corrected chi connectivity index (χ3v) is 5.57. The monoisotopic (exact) mass is 478 g/mol. The number of methoxy groups -OCH3 is 1. The minimum absolute atomic E-state index is 0.291. The fourth-order valence-corrected chi connectivity index (χ4v) is 3.70. The average Bonchev–Trinajstić information content (AvgIpc) is 2.90. The van der Waals surface area contributed by atoms with Crippen molar-refractivity contribution in [1.82, 2.24) is 0 Å². The molecule has 8 heteroatoms. The molecule has 0 saturated carbocycles. The SMILES string of the molecule is COc1ccc(O[C@@H]2O[C@@H](C)[C@H](OC(=O)c3ccccc3)[C@@H](OC(=O)c3ccccc3)[C@H]2O)cc1. The van der Waals surface area contributed by atoms with E-state index in [1.807, 2.05) is 0 Å². The van der Waals surface area contributed by atoms with E-state index in [9.17, 15) is 14.7 Å². The van der Waals surface area contributed by atoms with Crippen LogP contribution in [-0.4, -0.2) is 54.9 Å². The quantitative estimate of drug-likeness (QED) is 0.514. The number of esters is 2. The van der Waals surface area contributed by atoms with E-state index in [0.717, 1.165) is 0 Å². The second-order valence-corrected chi connectivity index (χ2v) is 7.97. The van der Waals surface area contributed by atoms with Crippen molar-refractivity contribution in [3.05, 3.63) is 96.1 Å². The van der Waals surface area contributed by atoms with Crippen molar-refractivity contribution in [2.24, 2.45) is 0 Å². The molecule has 0 unspecified atom stereocenters. The Morgan fingerprint density at radius 3 is 1.74 bits per heavy atom.